The quantitative estimate of drug-likeness (QED) is 0.574. The predicted octanol–water partition coefficient (Wildman–Crippen LogP) is 4.01. The molecule has 7 heteroatoms. The van der Waals surface area contributed by atoms with Gasteiger partial charge in [-0.15, -0.1) is 0 Å². The number of hydrogen-bond acceptors (Lipinski definition) is 5. The number of aromatic nitrogens is 2. The van der Waals surface area contributed by atoms with Crippen molar-refractivity contribution in [3.05, 3.63) is 75.6 Å². The highest BCUT2D eigenvalue weighted by molar-refractivity contribution is 5.73. The molecule has 0 aliphatic carbocycles. The lowest BCUT2D eigenvalue weighted by atomic mass is 10.1. The molecule has 0 unspecified atom stereocenters. The zero-order valence-corrected chi connectivity index (χ0v) is 13.7. The van der Waals surface area contributed by atoms with E-state index >= 15 is 0 Å². The van der Waals surface area contributed by atoms with Crippen molar-refractivity contribution in [1.82, 2.24) is 9.78 Å². The van der Waals surface area contributed by atoms with Gasteiger partial charge in [-0.3, -0.25) is 10.1 Å². The molecule has 0 amide bonds. The number of nitriles is 1. The topological polar surface area (TPSA) is 96.8 Å². The lowest BCUT2D eigenvalue weighted by Crippen LogP contribution is -2.01. The zero-order valence-electron chi connectivity index (χ0n) is 13.7. The van der Waals surface area contributed by atoms with Gasteiger partial charge >= 0.3 is 0 Å². The van der Waals surface area contributed by atoms with Crippen LogP contribution in [0.4, 0.5) is 17.1 Å². The Labute approximate surface area is 144 Å². The number of para-hydroxylation sites is 1. The van der Waals surface area contributed by atoms with E-state index in [4.69, 9.17) is 5.26 Å². The van der Waals surface area contributed by atoms with Crippen LogP contribution in [0.15, 0.2) is 48.5 Å². The summed E-state index contributed by atoms with van der Waals surface area (Å²) in [4.78, 5) is 10.8. The van der Waals surface area contributed by atoms with E-state index in [2.05, 4.69) is 10.4 Å². The minimum Gasteiger partial charge on any atom is -0.347 e. The summed E-state index contributed by atoms with van der Waals surface area (Å²) < 4.78 is 1.78. The highest BCUT2D eigenvalue weighted by Crippen LogP contribution is 2.32. The molecule has 0 spiro atoms. The van der Waals surface area contributed by atoms with Gasteiger partial charge in [-0.25, -0.2) is 4.68 Å². The van der Waals surface area contributed by atoms with Gasteiger partial charge < -0.3 is 5.32 Å². The molecule has 0 saturated heterocycles. The minimum atomic E-state index is -0.505. The van der Waals surface area contributed by atoms with Crippen LogP contribution in [0.3, 0.4) is 0 Å². The van der Waals surface area contributed by atoms with E-state index in [1.807, 2.05) is 50.2 Å². The second kappa shape index (κ2) is 6.45. The maximum atomic E-state index is 11.3. The summed E-state index contributed by atoms with van der Waals surface area (Å²) in [6, 6.07) is 15.9. The van der Waals surface area contributed by atoms with Crippen LogP contribution in [-0.2, 0) is 0 Å². The van der Waals surface area contributed by atoms with Gasteiger partial charge in [-0.2, -0.15) is 10.4 Å². The van der Waals surface area contributed by atoms with Crippen LogP contribution in [0.25, 0.3) is 5.69 Å². The Bertz CT molecular complexity index is 987. The Kier molecular flexibility index (Phi) is 4.18. The average molecular weight is 333 g/mol. The molecule has 0 radical (unpaired) electrons. The van der Waals surface area contributed by atoms with E-state index in [9.17, 15) is 10.1 Å². The standard InChI is InChI=1S/C18H15N5O2/c1-12-18(13(2)22(21-12)15-6-4-3-5-7-15)20-16-9-8-14(11-19)10-17(16)23(24)25/h3-10,20H,1-2H3. The van der Waals surface area contributed by atoms with Crippen molar-refractivity contribution >= 4 is 17.1 Å². The fraction of sp³-hybridized carbons (Fsp3) is 0.111. The van der Waals surface area contributed by atoms with Crippen LogP contribution in [0.2, 0.25) is 0 Å². The van der Waals surface area contributed by atoms with Gasteiger partial charge in [0.15, 0.2) is 0 Å². The van der Waals surface area contributed by atoms with Crippen molar-refractivity contribution in [1.29, 1.82) is 5.26 Å². The molecule has 0 atom stereocenters. The number of nitro benzene ring substituents is 1. The Morgan fingerprint density at radius 3 is 2.56 bits per heavy atom. The first-order valence-electron chi connectivity index (χ1n) is 7.58. The third-order valence-electron chi connectivity index (χ3n) is 3.88. The Hall–Kier alpha value is -3.66. The molecule has 0 aliphatic rings. The number of nitro groups is 1. The van der Waals surface area contributed by atoms with Crippen molar-refractivity contribution in [3.8, 4) is 11.8 Å². The van der Waals surface area contributed by atoms with Gasteiger partial charge in [-0.05, 0) is 38.1 Å². The minimum absolute atomic E-state index is 0.148. The molecule has 25 heavy (non-hydrogen) atoms. The fourth-order valence-corrected chi connectivity index (χ4v) is 2.64. The molecule has 7 nitrogen and oxygen atoms in total. The van der Waals surface area contributed by atoms with Crippen molar-refractivity contribution in [2.24, 2.45) is 0 Å². The highest BCUT2D eigenvalue weighted by atomic mass is 16.6. The van der Waals surface area contributed by atoms with Gasteiger partial charge in [0.25, 0.3) is 5.69 Å². The van der Waals surface area contributed by atoms with Crippen LogP contribution in [0, 0.1) is 35.3 Å². The summed E-state index contributed by atoms with van der Waals surface area (Å²) in [6.07, 6.45) is 0. The predicted molar refractivity (Wildman–Crippen MR) is 94.1 cm³/mol. The first-order chi connectivity index (χ1) is 12.0. The van der Waals surface area contributed by atoms with E-state index in [-0.39, 0.29) is 11.3 Å². The van der Waals surface area contributed by atoms with E-state index in [0.29, 0.717) is 11.4 Å². The smallest absolute Gasteiger partial charge is 0.293 e. The molecule has 0 aliphatic heterocycles. The normalized spacial score (nSPS) is 10.3. The Balaban J connectivity index is 2.04. The van der Waals surface area contributed by atoms with Gasteiger partial charge in [0.1, 0.15) is 5.69 Å². The maximum Gasteiger partial charge on any atom is 0.293 e. The van der Waals surface area contributed by atoms with E-state index < -0.39 is 4.92 Å². The molecule has 0 fully saturated rings. The van der Waals surface area contributed by atoms with Gasteiger partial charge in [-0.1, -0.05) is 18.2 Å². The van der Waals surface area contributed by atoms with Gasteiger partial charge in [0.2, 0.25) is 0 Å². The number of anilines is 2. The lowest BCUT2D eigenvalue weighted by Gasteiger charge is -2.09. The number of rotatable bonds is 4. The van der Waals surface area contributed by atoms with Crippen LogP contribution >= 0.6 is 0 Å². The maximum absolute atomic E-state index is 11.3. The van der Waals surface area contributed by atoms with E-state index in [0.717, 1.165) is 17.1 Å². The van der Waals surface area contributed by atoms with E-state index in [1.54, 1.807) is 10.7 Å². The molecule has 1 heterocycles. The first-order valence-corrected chi connectivity index (χ1v) is 7.58. The number of nitrogens with one attached hydrogen (secondary N) is 1. The van der Waals surface area contributed by atoms with Crippen molar-refractivity contribution in [3.63, 3.8) is 0 Å². The molecule has 124 valence electrons. The van der Waals surface area contributed by atoms with Crippen LogP contribution in [0.5, 0.6) is 0 Å². The summed E-state index contributed by atoms with van der Waals surface area (Å²) in [5.41, 5.74) is 3.59. The fourth-order valence-electron chi connectivity index (χ4n) is 2.64. The highest BCUT2D eigenvalue weighted by Gasteiger charge is 2.19. The third-order valence-corrected chi connectivity index (χ3v) is 3.88. The SMILES string of the molecule is Cc1nn(-c2ccccc2)c(C)c1Nc1ccc(C#N)cc1[N+](=O)[O-]. The molecule has 1 N–H and O–H groups in total. The summed E-state index contributed by atoms with van der Waals surface area (Å²) in [6.45, 7) is 3.73. The van der Waals surface area contributed by atoms with Gasteiger partial charge in [0, 0.05) is 6.07 Å². The van der Waals surface area contributed by atoms with Crippen LogP contribution in [-0.4, -0.2) is 14.7 Å². The largest absolute Gasteiger partial charge is 0.347 e. The number of benzene rings is 2. The van der Waals surface area contributed by atoms with Crippen molar-refractivity contribution in [2.45, 2.75) is 13.8 Å². The average Bonchev–Trinajstić information content (AvgIpc) is 2.90. The second-order valence-corrected chi connectivity index (χ2v) is 5.52. The first kappa shape index (κ1) is 16.2. The molecular weight excluding hydrogens is 318 g/mol. The molecule has 1 aromatic heterocycles. The molecule has 0 bridgehead atoms. The van der Waals surface area contributed by atoms with Gasteiger partial charge in [0.05, 0.1) is 39.3 Å². The monoisotopic (exact) mass is 333 g/mol. The number of hydrogen-bond donors (Lipinski definition) is 1. The number of nitrogens with zero attached hydrogens (tertiary/aromatic N) is 4. The van der Waals surface area contributed by atoms with Crippen LogP contribution in [0.1, 0.15) is 17.0 Å². The van der Waals surface area contributed by atoms with Crippen LogP contribution < -0.4 is 5.32 Å². The van der Waals surface area contributed by atoms with Crippen molar-refractivity contribution in [2.75, 3.05) is 5.32 Å². The molecule has 2 aromatic carbocycles. The summed E-state index contributed by atoms with van der Waals surface area (Å²) >= 11 is 0. The Morgan fingerprint density at radius 2 is 1.92 bits per heavy atom. The lowest BCUT2D eigenvalue weighted by molar-refractivity contribution is -0.383. The summed E-state index contributed by atoms with van der Waals surface area (Å²) in [5, 5.41) is 27.9. The zero-order chi connectivity index (χ0) is 18.0. The second-order valence-electron chi connectivity index (χ2n) is 5.52. The molecular formula is C18H15N5O2. The molecule has 3 aromatic rings. The Morgan fingerprint density at radius 1 is 1.20 bits per heavy atom. The van der Waals surface area contributed by atoms with E-state index in [1.165, 1.54) is 12.1 Å². The molecule has 0 saturated carbocycles. The third kappa shape index (κ3) is 3.05. The molecule has 3 rings (SSSR count). The van der Waals surface area contributed by atoms with Crippen molar-refractivity contribution < 1.29 is 4.92 Å². The summed E-state index contributed by atoms with van der Waals surface area (Å²) in [5.74, 6) is 0. The number of aryl methyl sites for hydroxylation is 1. The summed E-state index contributed by atoms with van der Waals surface area (Å²) in [7, 11) is 0.